The molecule has 2 rings (SSSR count). The van der Waals surface area contributed by atoms with Crippen LogP contribution in [0.15, 0.2) is 30.3 Å². The van der Waals surface area contributed by atoms with Crippen LogP contribution in [0, 0.1) is 6.92 Å². The Morgan fingerprint density at radius 1 is 1.26 bits per heavy atom. The van der Waals surface area contributed by atoms with Gasteiger partial charge >= 0.3 is 0 Å². The maximum Gasteiger partial charge on any atom is 0.0708 e. The molecule has 2 aromatic rings. The van der Waals surface area contributed by atoms with Gasteiger partial charge in [0.1, 0.15) is 0 Å². The van der Waals surface area contributed by atoms with E-state index in [9.17, 15) is 0 Å². The Morgan fingerprint density at radius 2 is 2.00 bits per heavy atom. The molecule has 0 radical (unpaired) electrons. The normalized spacial score (nSPS) is 12.0. The molecule has 102 valence electrons. The van der Waals surface area contributed by atoms with Crippen LogP contribution in [0.25, 0.3) is 10.9 Å². The van der Waals surface area contributed by atoms with E-state index in [1.54, 1.807) is 0 Å². The maximum absolute atomic E-state index is 4.58. The van der Waals surface area contributed by atoms with Crippen LogP contribution in [0.3, 0.4) is 0 Å². The van der Waals surface area contributed by atoms with E-state index in [2.05, 4.69) is 71.3 Å². The highest BCUT2D eigenvalue weighted by Crippen LogP contribution is 2.19. The molecule has 0 amide bonds. The summed E-state index contributed by atoms with van der Waals surface area (Å²) in [6.07, 6.45) is 1.11. The van der Waals surface area contributed by atoms with E-state index in [0.717, 1.165) is 29.5 Å². The zero-order valence-corrected chi connectivity index (χ0v) is 13.4. The molecule has 1 aromatic heterocycles. The summed E-state index contributed by atoms with van der Waals surface area (Å²) < 4.78 is 0. The van der Waals surface area contributed by atoms with Crippen molar-refractivity contribution in [2.45, 2.75) is 39.3 Å². The molecule has 0 unspecified atom stereocenters. The minimum Gasteiger partial charge on any atom is -0.308 e. The van der Waals surface area contributed by atoms with Gasteiger partial charge < -0.3 is 5.32 Å². The summed E-state index contributed by atoms with van der Waals surface area (Å²) in [5.41, 5.74) is 3.62. The number of aromatic nitrogens is 1. The van der Waals surface area contributed by atoms with Crippen LogP contribution in [0.2, 0.25) is 0 Å². The Bertz CT molecular complexity index is 564. The average molecular weight is 321 g/mol. The minimum absolute atomic E-state index is 0.141. The van der Waals surface area contributed by atoms with E-state index < -0.39 is 0 Å². The number of alkyl halides is 1. The third-order valence-corrected chi connectivity index (χ3v) is 3.80. The Balaban J connectivity index is 2.25. The van der Waals surface area contributed by atoms with E-state index in [1.165, 1.54) is 10.9 Å². The van der Waals surface area contributed by atoms with Crippen molar-refractivity contribution in [1.29, 1.82) is 0 Å². The monoisotopic (exact) mass is 320 g/mol. The van der Waals surface area contributed by atoms with Crippen molar-refractivity contribution in [3.8, 4) is 0 Å². The van der Waals surface area contributed by atoms with Gasteiger partial charge in [0.05, 0.1) is 5.52 Å². The number of benzene rings is 1. The maximum atomic E-state index is 4.58. The second-order valence-corrected chi connectivity index (χ2v) is 6.41. The van der Waals surface area contributed by atoms with Crippen molar-refractivity contribution in [2.24, 2.45) is 0 Å². The molecule has 1 heterocycles. The van der Waals surface area contributed by atoms with Crippen LogP contribution in [0.1, 0.15) is 31.5 Å². The number of rotatable bonds is 5. The van der Waals surface area contributed by atoms with E-state index in [-0.39, 0.29) is 5.54 Å². The lowest BCUT2D eigenvalue weighted by Gasteiger charge is -2.26. The number of halogens is 1. The first-order chi connectivity index (χ1) is 9.02. The predicted octanol–water partition coefficient (Wildman–Crippen LogP) is 4.20. The number of nitrogens with one attached hydrogen (secondary N) is 1. The van der Waals surface area contributed by atoms with Crippen LogP contribution in [0.5, 0.6) is 0 Å². The fourth-order valence-corrected chi connectivity index (χ4v) is 3.19. The molecule has 0 fully saturated rings. The molecule has 0 saturated heterocycles. The standard InChI is InChI=1S/C16H21BrN2/c1-12-10-13(11-18-16(2,3)8-9-17)14-6-4-5-7-15(14)19-12/h4-7,10,18H,8-9,11H2,1-3H3. The predicted molar refractivity (Wildman–Crippen MR) is 85.8 cm³/mol. The Morgan fingerprint density at radius 3 is 2.74 bits per heavy atom. The lowest BCUT2D eigenvalue weighted by molar-refractivity contribution is 0.378. The van der Waals surface area contributed by atoms with Gasteiger partial charge in [-0.3, -0.25) is 4.98 Å². The molecule has 0 atom stereocenters. The van der Waals surface area contributed by atoms with Crippen LogP contribution in [-0.2, 0) is 6.54 Å². The Kier molecular flexibility index (Phi) is 4.58. The summed E-state index contributed by atoms with van der Waals surface area (Å²) in [6.45, 7) is 7.42. The number of hydrogen-bond donors (Lipinski definition) is 1. The highest BCUT2D eigenvalue weighted by atomic mass is 79.9. The van der Waals surface area contributed by atoms with Gasteiger partial charge in [0.15, 0.2) is 0 Å². The first-order valence-corrected chi connectivity index (χ1v) is 7.80. The molecule has 0 bridgehead atoms. The van der Waals surface area contributed by atoms with Gasteiger partial charge in [-0.2, -0.15) is 0 Å². The van der Waals surface area contributed by atoms with Crippen molar-refractivity contribution in [3.05, 3.63) is 41.6 Å². The van der Waals surface area contributed by atoms with Gasteiger partial charge in [-0.15, -0.1) is 0 Å². The lowest BCUT2D eigenvalue weighted by atomic mass is 10.0. The van der Waals surface area contributed by atoms with Crippen molar-refractivity contribution in [1.82, 2.24) is 10.3 Å². The van der Waals surface area contributed by atoms with Gasteiger partial charge in [-0.1, -0.05) is 34.1 Å². The number of pyridine rings is 1. The van der Waals surface area contributed by atoms with Gasteiger partial charge in [0.25, 0.3) is 0 Å². The largest absolute Gasteiger partial charge is 0.308 e. The minimum atomic E-state index is 0.141. The number of nitrogens with zero attached hydrogens (tertiary/aromatic N) is 1. The first kappa shape index (κ1) is 14.5. The van der Waals surface area contributed by atoms with E-state index in [1.807, 2.05) is 6.07 Å². The van der Waals surface area contributed by atoms with Gasteiger partial charge in [-0.25, -0.2) is 0 Å². The molecule has 1 N–H and O–H groups in total. The third kappa shape index (κ3) is 3.77. The Hall–Kier alpha value is -0.930. The molecule has 0 aliphatic carbocycles. The average Bonchev–Trinajstić information content (AvgIpc) is 2.36. The van der Waals surface area contributed by atoms with E-state index in [0.29, 0.717) is 0 Å². The van der Waals surface area contributed by atoms with Crippen molar-refractivity contribution in [2.75, 3.05) is 5.33 Å². The van der Waals surface area contributed by atoms with E-state index >= 15 is 0 Å². The molecule has 1 aromatic carbocycles. The molecule has 0 saturated carbocycles. The zero-order valence-electron chi connectivity index (χ0n) is 11.8. The number of fused-ring (bicyclic) bond motifs is 1. The summed E-state index contributed by atoms with van der Waals surface area (Å²) in [5.74, 6) is 0. The molecule has 3 heteroatoms. The van der Waals surface area contributed by atoms with Crippen LogP contribution in [0.4, 0.5) is 0 Å². The van der Waals surface area contributed by atoms with Crippen molar-refractivity contribution < 1.29 is 0 Å². The Labute approximate surface area is 123 Å². The second kappa shape index (κ2) is 6.02. The fourth-order valence-electron chi connectivity index (χ4n) is 2.20. The number of para-hydroxylation sites is 1. The van der Waals surface area contributed by atoms with Crippen molar-refractivity contribution >= 4 is 26.8 Å². The fraction of sp³-hybridized carbons (Fsp3) is 0.438. The van der Waals surface area contributed by atoms with Gasteiger partial charge in [0, 0.05) is 28.5 Å². The summed E-state index contributed by atoms with van der Waals surface area (Å²) >= 11 is 3.51. The quantitative estimate of drug-likeness (QED) is 0.835. The molecular formula is C16H21BrN2. The summed E-state index contributed by atoms with van der Waals surface area (Å²) in [5, 5.41) is 5.90. The van der Waals surface area contributed by atoms with Crippen LogP contribution in [-0.4, -0.2) is 15.9 Å². The topological polar surface area (TPSA) is 24.9 Å². The second-order valence-electron chi connectivity index (χ2n) is 5.62. The molecule has 0 aliphatic heterocycles. The summed E-state index contributed by atoms with van der Waals surface area (Å²) in [4.78, 5) is 4.58. The molecular weight excluding hydrogens is 300 g/mol. The summed E-state index contributed by atoms with van der Waals surface area (Å²) in [7, 11) is 0. The van der Waals surface area contributed by atoms with Gasteiger partial charge in [0.2, 0.25) is 0 Å². The van der Waals surface area contributed by atoms with Gasteiger partial charge in [-0.05, 0) is 44.9 Å². The number of aryl methyl sites for hydroxylation is 1. The SMILES string of the molecule is Cc1cc(CNC(C)(C)CCBr)c2ccccc2n1. The molecule has 19 heavy (non-hydrogen) atoms. The molecule has 0 aliphatic rings. The van der Waals surface area contributed by atoms with Crippen LogP contribution < -0.4 is 5.32 Å². The zero-order chi connectivity index (χ0) is 13.9. The highest BCUT2D eigenvalue weighted by Gasteiger charge is 2.16. The lowest BCUT2D eigenvalue weighted by Crippen LogP contribution is -2.39. The summed E-state index contributed by atoms with van der Waals surface area (Å²) in [6, 6.07) is 10.5. The smallest absolute Gasteiger partial charge is 0.0708 e. The number of hydrogen-bond acceptors (Lipinski definition) is 2. The first-order valence-electron chi connectivity index (χ1n) is 6.68. The van der Waals surface area contributed by atoms with Crippen molar-refractivity contribution in [3.63, 3.8) is 0 Å². The third-order valence-electron chi connectivity index (χ3n) is 3.41. The van der Waals surface area contributed by atoms with E-state index in [4.69, 9.17) is 0 Å². The molecule has 2 nitrogen and oxygen atoms in total. The van der Waals surface area contributed by atoms with Crippen LogP contribution >= 0.6 is 15.9 Å². The highest BCUT2D eigenvalue weighted by molar-refractivity contribution is 9.09. The molecule has 0 spiro atoms.